The van der Waals surface area contributed by atoms with Gasteiger partial charge in [0.1, 0.15) is 23.6 Å². The zero-order valence-electron chi connectivity index (χ0n) is 24.2. The van der Waals surface area contributed by atoms with Crippen molar-refractivity contribution in [1.29, 1.82) is 0 Å². The summed E-state index contributed by atoms with van der Waals surface area (Å²) >= 11 is 0. The quantitative estimate of drug-likeness (QED) is 0.295. The molecule has 208 valence electrons. The summed E-state index contributed by atoms with van der Waals surface area (Å²) in [6.45, 7) is 16.6. The van der Waals surface area contributed by atoms with Crippen LogP contribution < -0.4 is 4.74 Å². The third kappa shape index (κ3) is 7.38. The average Bonchev–Trinajstić information content (AvgIpc) is 3.14. The number of amides is 1. The molecule has 8 heteroatoms. The van der Waals surface area contributed by atoms with Crippen molar-refractivity contribution in [2.75, 3.05) is 13.7 Å². The highest BCUT2D eigenvalue weighted by molar-refractivity contribution is 6.74. The highest BCUT2D eigenvalue weighted by Crippen LogP contribution is 2.40. The number of methoxy groups -OCH3 is 1. The van der Waals surface area contributed by atoms with Crippen molar-refractivity contribution < 1.29 is 28.2 Å². The standard InChI is InChI=1S/C30H43NO6Si/c1-29(2,3)36-28(33)31-20-25(37-38(8,9)30(4,5)6)26(35-27(32)22-13-11-10-12-14-22)24(31)19-21-15-17-23(34-7)18-16-21/h10-18,24-26H,19-20H2,1-9H3/t24-,25+,26+/m1/s1. The Morgan fingerprint density at radius 3 is 2.08 bits per heavy atom. The van der Waals surface area contributed by atoms with E-state index in [0.29, 0.717) is 12.0 Å². The Morgan fingerprint density at radius 2 is 1.55 bits per heavy atom. The molecule has 0 aliphatic carbocycles. The Hall–Kier alpha value is -2.84. The van der Waals surface area contributed by atoms with Gasteiger partial charge in [0.05, 0.1) is 25.3 Å². The first-order valence-corrected chi connectivity index (χ1v) is 16.1. The first-order valence-electron chi connectivity index (χ1n) is 13.2. The highest BCUT2D eigenvalue weighted by atomic mass is 28.4. The number of hydrogen-bond acceptors (Lipinski definition) is 6. The summed E-state index contributed by atoms with van der Waals surface area (Å²) in [6.07, 6.45) is -1.14. The summed E-state index contributed by atoms with van der Waals surface area (Å²) in [5.74, 6) is 0.306. The van der Waals surface area contributed by atoms with Crippen LogP contribution in [0.1, 0.15) is 57.5 Å². The second-order valence-corrected chi connectivity index (χ2v) is 17.2. The molecule has 0 N–H and O–H groups in total. The van der Waals surface area contributed by atoms with E-state index in [1.165, 1.54) is 0 Å². The van der Waals surface area contributed by atoms with Gasteiger partial charge in [-0.15, -0.1) is 0 Å². The van der Waals surface area contributed by atoms with Crippen LogP contribution in [-0.4, -0.2) is 62.8 Å². The number of rotatable bonds is 7. The molecule has 0 radical (unpaired) electrons. The lowest BCUT2D eigenvalue weighted by atomic mass is 10.0. The van der Waals surface area contributed by atoms with Gasteiger partial charge in [-0.05, 0) is 75.2 Å². The first-order chi connectivity index (χ1) is 17.6. The van der Waals surface area contributed by atoms with Crippen LogP contribution in [0.2, 0.25) is 18.1 Å². The number of esters is 1. The summed E-state index contributed by atoms with van der Waals surface area (Å²) in [4.78, 5) is 28.4. The van der Waals surface area contributed by atoms with Crippen molar-refractivity contribution in [3.8, 4) is 5.75 Å². The van der Waals surface area contributed by atoms with E-state index in [2.05, 4.69) is 33.9 Å². The number of nitrogens with zero attached hydrogens (tertiary/aromatic N) is 1. The molecule has 2 aromatic carbocycles. The molecule has 0 spiro atoms. The number of carbonyl (C=O) groups is 2. The molecule has 1 heterocycles. The van der Waals surface area contributed by atoms with Gasteiger partial charge in [0, 0.05) is 0 Å². The van der Waals surface area contributed by atoms with Crippen LogP contribution in [0.25, 0.3) is 0 Å². The van der Waals surface area contributed by atoms with Crippen LogP contribution in [0.4, 0.5) is 4.79 Å². The summed E-state index contributed by atoms with van der Waals surface area (Å²) in [7, 11) is -0.651. The smallest absolute Gasteiger partial charge is 0.410 e. The molecule has 38 heavy (non-hydrogen) atoms. The Balaban J connectivity index is 2.02. The SMILES string of the molecule is COc1ccc(C[C@@H]2[C@H](OC(=O)c3ccccc3)[C@@H](O[Si](C)(C)C(C)(C)C)CN2C(=O)OC(C)(C)C)cc1. The predicted octanol–water partition coefficient (Wildman–Crippen LogP) is 6.47. The van der Waals surface area contributed by atoms with Gasteiger partial charge >= 0.3 is 12.1 Å². The second kappa shape index (κ2) is 11.5. The van der Waals surface area contributed by atoms with Crippen molar-refractivity contribution in [2.24, 2.45) is 0 Å². The van der Waals surface area contributed by atoms with E-state index in [0.717, 1.165) is 11.3 Å². The highest BCUT2D eigenvalue weighted by Gasteiger charge is 2.51. The maximum atomic E-state index is 13.5. The van der Waals surface area contributed by atoms with Gasteiger partial charge in [0.25, 0.3) is 0 Å². The lowest BCUT2D eigenvalue weighted by Gasteiger charge is -2.39. The molecule has 2 aromatic rings. The normalized spacial score (nSPS) is 20.2. The van der Waals surface area contributed by atoms with Crippen LogP contribution >= 0.6 is 0 Å². The zero-order valence-corrected chi connectivity index (χ0v) is 25.2. The minimum Gasteiger partial charge on any atom is -0.497 e. The summed E-state index contributed by atoms with van der Waals surface area (Å²) < 4.78 is 24.1. The topological polar surface area (TPSA) is 74.3 Å². The molecule has 1 aliphatic heterocycles. The zero-order chi connectivity index (χ0) is 28.3. The van der Waals surface area contributed by atoms with Crippen molar-refractivity contribution in [2.45, 2.75) is 89.9 Å². The largest absolute Gasteiger partial charge is 0.497 e. The number of benzene rings is 2. The Morgan fingerprint density at radius 1 is 0.947 bits per heavy atom. The molecule has 7 nitrogen and oxygen atoms in total. The molecule has 1 fully saturated rings. The fourth-order valence-corrected chi connectivity index (χ4v) is 5.52. The molecule has 0 unspecified atom stereocenters. The maximum Gasteiger partial charge on any atom is 0.410 e. The fourth-order valence-electron chi connectivity index (χ4n) is 4.20. The van der Waals surface area contributed by atoms with Crippen molar-refractivity contribution in [3.05, 3.63) is 65.7 Å². The molecule has 0 saturated carbocycles. The molecule has 3 atom stereocenters. The minimum atomic E-state index is -2.27. The maximum absolute atomic E-state index is 13.5. The van der Waals surface area contributed by atoms with E-state index in [1.807, 2.05) is 51.1 Å². The average molecular weight is 542 g/mol. The van der Waals surface area contributed by atoms with Crippen LogP contribution in [0.15, 0.2) is 54.6 Å². The van der Waals surface area contributed by atoms with Crippen molar-refractivity contribution in [3.63, 3.8) is 0 Å². The molecule has 1 aliphatic rings. The van der Waals surface area contributed by atoms with Gasteiger partial charge in [-0.25, -0.2) is 9.59 Å². The third-order valence-electron chi connectivity index (χ3n) is 7.26. The van der Waals surface area contributed by atoms with E-state index in [1.54, 1.807) is 36.3 Å². The molecule has 0 bridgehead atoms. The summed E-state index contributed by atoms with van der Waals surface area (Å²) in [5.41, 5.74) is 0.770. The number of carbonyl (C=O) groups excluding carboxylic acids is 2. The lowest BCUT2D eigenvalue weighted by Crippen LogP contribution is -2.49. The van der Waals surface area contributed by atoms with E-state index in [4.69, 9.17) is 18.6 Å². The van der Waals surface area contributed by atoms with Crippen molar-refractivity contribution in [1.82, 2.24) is 4.90 Å². The predicted molar refractivity (Wildman–Crippen MR) is 151 cm³/mol. The van der Waals surface area contributed by atoms with E-state index in [9.17, 15) is 9.59 Å². The van der Waals surface area contributed by atoms with Gasteiger partial charge in [-0.2, -0.15) is 0 Å². The molecule has 3 rings (SSSR count). The second-order valence-electron chi connectivity index (χ2n) is 12.4. The molecule has 0 aromatic heterocycles. The summed E-state index contributed by atoms with van der Waals surface area (Å²) in [5, 5.41) is -0.0637. The number of hydrogen-bond donors (Lipinski definition) is 0. The van der Waals surface area contributed by atoms with E-state index in [-0.39, 0.29) is 11.6 Å². The first kappa shape index (κ1) is 29.7. The Bertz CT molecular complexity index is 1090. The van der Waals surface area contributed by atoms with Gasteiger partial charge < -0.3 is 18.6 Å². The van der Waals surface area contributed by atoms with Crippen LogP contribution in [0.5, 0.6) is 5.75 Å². The third-order valence-corrected chi connectivity index (χ3v) is 11.8. The molecule has 1 saturated heterocycles. The van der Waals surface area contributed by atoms with Crippen molar-refractivity contribution >= 4 is 20.4 Å². The van der Waals surface area contributed by atoms with Gasteiger partial charge in [-0.1, -0.05) is 51.1 Å². The monoisotopic (exact) mass is 541 g/mol. The summed E-state index contributed by atoms with van der Waals surface area (Å²) in [6, 6.07) is 16.1. The minimum absolute atomic E-state index is 0.0637. The number of ether oxygens (including phenoxy) is 3. The molecular formula is C30H43NO6Si. The fraction of sp³-hybridized carbons (Fsp3) is 0.533. The van der Waals surface area contributed by atoms with E-state index >= 15 is 0 Å². The number of likely N-dealkylation sites (tertiary alicyclic amines) is 1. The van der Waals surface area contributed by atoms with Crippen LogP contribution in [0.3, 0.4) is 0 Å². The van der Waals surface area contributed by atoms with E-state index < -0.39 is 44.2 Å². The van der Waals surface area contributed by atoms with Crippen LogP contribution in [-0.2, 0) is 20.3 Å². The molecule has 1 amide bonds. The lowest BCUT2D eigenvalue weighted by molar-refractivity contribution is -0.0108. The molecular weight excluding hydrogens is 498 g/mol. The Kier molecular flexibility index (Phi) is 8.99. The van der Waals surface area contributed by atoms with Gasteiger partial charge in [-0.3, -0.25) is 4.90 Å². The van der Waals surface area contributed by atoms with Gasteiger partial charge in [0.2, 0.25) is 0 Å². The van der Waals surface area contributed by atoms with Gasteiger partial charge in [0.15, 0.2) is 8.32 Å². The van der Waals surface area contributed by atoms with Crippen LogP contribution in [0, 0.1) is 0 Å². The Labute approximate surface area is 228 Å².